The van der Waals surface area contributed by atoms with Gasteiger partial charge in [-0.15, -0.1) is 0 Å². The summed E-state index contributed by atoms with van der Waals surface area (Å²) in [5.74, 6) is 1.56. The molecule has 0 aliphatic carbocycles. The van der Waals surface area contributed by atoms with Gasteiger partial charge < -0.3 is 4.74 Å². The molecule has 4 heteroatoms. The summed E-state index contributed by atoms with van der Waals surface area (Å²) in [6.07, 6.45) is 1.84. The average molecular weight is 295 g/mol. The molecule has 2 aromatic carbocycles. The molecule has 1 aliphatic rings. The average Bonchev–Trinajstić information content (AvgIpc) is 2.55. The molecule has 102 valence electrons. The van der Waals surface area contributed by atoms with Crippen LogP contribution in [0, 0.1) is 0 Å². The summed E-state index contributed by atoms with van der Waals surface area (Å²) in [4.78, 5) is 9.15. The van der Waals surface area contributed by atoms with Crippen LogP contribution in [-0.2, 0) is 6.61 Å². The number of hydrogen-bond acceptors (Lipinski definition) is 3. The van der Waals surface area contributed by atoms with Gasteiger partial charge in [0.05, 0.1) is 5.69 Å². The summed E-state index contributed by atoms with van der Waals surface area (Å²) < 4.78 is 5.71. The Morgan fingerprint density at radius 3 is 2.67 bits per heavy atom. The molecule has 4 rings (SSSR count). The van der Waals surface area contributed by atoms with Crippen molar-refractivity contribution < 1.29 is 4.74 Å². The minimum Gasteiger partial charge on any atom is -0.488 e. The molecule has 0 amide bonds. The maximum atomic E-state index is 5.92. The number of halogens is 1. The molecule has 0 N–H and O–H groups in total. The zero-order valence-electron chi connectivity index (χ0n) is 11.1. The maximum Gasteiger partial charge on any atom is 0.159 e. The zero-order valence-corrected chi connectivity index (χ0v) is 11.8. The van der Waals surface area contributed by atoms with Gasteiger partial charge in [-0.1, -0.05) is 23.7 Å². The molecule has 0 saturated carbocycles. The lowest BCUT2D eigenvalue weighted by molar-refractivity contribution is 0.301. The topological polar surface area (TPSA) is 35.0 Å². The molecule has 0 atom stereocenters. The number of para-hydroxylation sites is 1. The Balaban J connectivity index is 1.86. The number of rotatable bonds is 1. The number of hydrogen-bond donors (Lipinski definition) is 0. The summed E-state index contributed by atoms with van der Waals surface area (Å²) in [7, 11) is 0. The van der Waals surface area contributed by atoms with Gasteiger partial charge in [-0.2, -0.15) is 0 Å². The van der Waals surface area contributed by atoms with Crippen molar-refractivity contribution in [2.24, 2.45) is 0 Å². The van der Waals surface area contributed by atoms with Gasteiger partial charge in [0, 0.05) is 27.9 Å². The number of nitrogens with zero attached hydrogens (tertiary/aromatic N) is 2. The predicted octanol–water partition coefficient (Wildman–Crippen LogP) is 4.36. The van der Waals surface area contributed by atoms with Crippen LogP contribution in [0.25, 0.3) is 22.6 Å². The van der Waals surface area contributed by atoms with E-state index in [0.717, 1.165) is 28.1 Å². The van der Waals surface area contributed by atoms with Gasteiger partial charge in [0.2, 0.25) is 0 Å². The summed E-state index contributed by atoms with van der Waals surface area (Å²) in [6, 6.07) is 15.5. The molecule has 3 nitrogen and oxygen atoms in total. The van der Waals surface area contributed by atoms with Gasteiger partial charge in [0.1, 0.15) is 12.4 Å². The zero-order chi connectivity index (χ0) is 14.2. The van der Waals surface area contributed by atoms with Crippen LogP contribution in [0.5, 0.6) is 5.75 Å². The lowest BCUT2D eigenvalue weighted by Gasteiger charge is -2.19. The first-order chi connectivity index (χ1) is 10.3. The predicted molar refractivity (Wildman–Crippen MR) is 82.2 cm³/mol. The van der Waals surface area contributed by atoms with E-state index in [0.29, 0.717) is 17.5 Å². The Kier molecular flexibility index (Phi) is 2.86. The van der Waals surface area contributed by atoms with Crippen LogP contribution >= 0.6 is 11.6 Å². The van der Waals surface area contributed by atoms with E-state index >= 15 is 0 Å². The highest BCUT2D eigenvalue weighted by atomic mass is 35.5. The molecule has 0 spiro atoms. The number of ether oxygens (including phenoxy) is 1. The van der Waals surface area contributed by atoms with Crippen LogP contribution in [-0.4, -0.2) is 9.97 Å². The van der Waals surface area contributed by atoms with E-state index in [-0.39, 0.29) is 0 Å². The molecule has 1 aromatic heterocycles. The molecule has 21 heavy (non-hydrogen) atoms. The Labute approximate surface area is 127 Å². The van der Waals surface area contributed by atoms with E-state index in [1.54, 1.807) is 0 Å². The molecule has 3 aromatic rings. The molecule has 2 heterocycles. The van der Waals surface area contributed by atoms with Crippen LogP contribution in [0.2, 0.25) is 5.02 Å². The summed E-state index contributed by atoms with van der Waals surface area (Å²) in [5.41, 5.74) is 3.91. The highest BCUT2D eigenvalue weighted by molar-refractivity contribution is 6.30. The van der Waals surface area contributed by atoms with E-state index in [4.69, 9.17) is 21.3 Å². The van der Waals surface area contributed by atoms with Crippen LogP contribution in [0.15, 0.2) is 54.7 Å². The smallest absolute Gasteiger partial charge is 0.159 e. The third kappa shape index (κ3) is 2.16. The van der Waals surface area contributed by atoms with Crippen molar-refractivity contribution in [1.29, 1.82) is 0 Å². The number of fused-ring (bicyclic) bond motifs is 3. The third-order valence-electron chi connectivity index (χ3n) is 3.49. The first-order valence-corrected chi connectivity index (χ1v) is 7.03. The highest BCUT2D eigenvalue weighted by Gasteiger charge is 2.19. The van der Waals surface area contributed by atoms with Gasteiger partial charge in [-0.25, -0.2) is 9.97 Å². The van der Waals surface area contributed by atoms with Gasteiger partial charge in [-0.3, -0.25) is 0 Å². The van der Waals surface area contributed by atoms with Crippen molar-refractivity contribution in [1.82, 2.24) is 9.97 Å². The van der Waals surface area contributed by atoms with E-state index in [9.17, 15) is 0 Å². The minimum absolute atomic E-state index is 0.507. The van der Waals surface area contributed by atoms with E-state index < -0.39 is 0 Å². The van der Waals surface area contributed by atoms with Gasteiger partial charge in [0.15, 0.2) is 5.82 Å². The Morgan fingerprint density at radius 2 is 1.81 bits per heavy atom. The number of benzene rings is 2. The van der Waals surface area contributed by atoms with Crippen LogP contribution in [0.1, 0.15) is 5.56 Å². The third-order valence-corrected chi connectivity index (χ3v) is 3.74. The maximum absolute atomic E-state index is 5.92. The normalized spacial score (nSPS) is 12.2. The van der Waals surface area contributed by atoms with Crippen molar-refractivity contribution in [2.75, 3.05) is 0 Å². The first kappa shape index (κ1) is 12.4. The van der Waals surface area contributed by atoms with E-state index in [2.05, 4.69) is 4.98 Å². The Hall–Kier alpha value is -2.39. The van der Waals surface area contributed by atoms with Crippen LogP contribution in [0.3, 0.4) is 0 Å². The fraction of sp³-hybridized carbons (Fsp3) is 0.0588. The second kappa shape index (κ2) is 4.86. The minimum atomic E-state index is 0.507. The summed E-state index contributed by atoms with van der Waals surface area (Å²) >= 11 is 5.92. The van der Waals surface area contributed by atoms with Gasteiger partial charge in [0.25, 0.3) is 0 Å². The second-order valence-corrected chi connectivity index (χ2v) is 5.30. The van der Waals surface area contributed by atoms with Crippen molar-refractivity contribution in [3.8, 4) is 28.4 Å². The van der Waals surface area contributed by atoms with E-state index in [1.807, 2.05) is 54.7 Å². The SMILES string of the molecule is Clc1ccc(-c2ncc3c(n2)-c2ccccc2OC3)cc1. The van der Waals surface area contributed by atoms with Crippen LogP contribution in [0.4, 0.5) is 0 Å². The monoisotopic (exact) mass is 294 g/mol. The Bertz CT molecular complexity index is 815. The summed E-state index contributed by atoms with van der Waals surface area (Å²) in [5, 5.41) is 0.704. The molecule has 0 radical (unpaired) electrons. The fourth-order valence-electron chi connectivity index (χ4n) is 2.43. The van der Waals surface area contributed by atoms with Crippen molar-refractivity contribution >= 4 is 11.6 Å². The molecule has 0 saturated heterocycles. The highest BCUT2D eigenvalue weighted by Crippen LogP contribution is 2.36. The molecular formula is C17H11ClN2O. The first-order valence-electron chi connectivity index (χ1n) is 6.65. The Morgan fingerprint density at radius 1 is 1.00 bits per heavy atom. The molecule has 1 aliphatic heterocycles. The van der Waals surface area contributed by atoms with Gasteiger partial charge in [-0.05, 0) is 36.4 Å². The van der Waals surface area contributed by atoms with Crippen molar-refractivity contribution in [3.63, 3.8) is 0 Å². The van der Waals surface area contributed by atoms with E-state index in [1.165, 1.54) is 0 Å². The second-order valence-electron chi connectivity index (χ2n) is 4.86. The largest absolute Gasteiger partial charge is 0.488 e. The van der Waals surface area contributed by atoms with Crippen LogP contribution < -0.4 is 4.74 Å². The lowest BCUT2D eigenvalue weighted by atomic mass is 10.0. The molecule has 0 fully saturated rings. The molecular weight excluding hydrogens is 284 g/mol. The quantitative estimate of drug-likeness (QED) is 0.669. The van der Waals surface area contributed by atoms with Crippen molar-refractivity contribution in [2.45, 2.75) is 6.61 Å². The number of aromatic nitrogens is 2. The lowest BCUT2D eigenvalue weighted by Crippen LogP contribution is -2.08. The molecule has 0 bridgehead atoms. The standard InChI is InChI=1S/C17H11ClN2O/c18-13-7-5-11(6-8-13)17-19-9-12-10-21-15-4-2-1-3-14(15)16(12)20-17/h1-9H,10H2. The summed E-state index contributed by atoms with van der Waals surface area (Å²) in [6.45, 7) is 0.507. The fourth-order valence-corrected chi connectivity index (χ4v) is 2.55. The van der Waals surface area contributed by atoms with Crippen molar-refractivity contribution in [3.05, 3.63) is 65.3 Å². The molecule has 0 unspecified atom stereocenters. The van der Waals surface area contributed by atoms with Gasteiger partial charge >= 0.3 is 0 Å².